The Balaban J connectivity index is 0.000000495. The Morgan fingerprint density at radius 1 is 1.29 bits per heavy atom. The number of carbonyl (C=O) groups excluding carboxylic acids is 1. The summed E-state index contributed by atoms with van der Waals surface area (Å²) in [4.78, 5) is 9.83. The van der Waals surface area contributed by atoms with Crippen molar-refractivity contribution in [2.24, 2.45) is 11.1 Å². The summed E-state index contributed by atoms with van der Waals surface area (Å²) in [6.07, 6.45) is 1.87. The molecule has 0 fully saturated rings. The fraction of sp³-hybridized carbons (Fsp3) is 0.389. The molecule has 0 aliphatic rings. The van der Waals surface area contributed by atoms with Crippen molar-refractivity contribution in [3.05, 3.63) is 48.0 Å². The standard InChI is InChI=1S/C13H14N.C5H10O.Re/c1-10(14)8-11-6-7-12-4-2-3-5-13(12)9-11;1-5(2,3)4-6;/h2-3,5-7,9-10H,8,14H2,1H3;4H,1-3H3;/q-1;;. The van der Waals surface area contributed by atoms with Gasteiger partial charge < -0.3 is 10.5 Å². The fourth-order valence-electron chi connectivity index (χ4n) is 1.67. The van der Waals surface area contributed by atoms with Gasteiger partial charge in [0.1, 0.15) is 6.29 Å². The van der Waals surface area contributed by atoms with Crippen molar-refractivity contribution in [1.29, 1.82) is 0 Å². The van der Waals surface area contributed by atoms with Crippen LogP contribution in [0.15, 0.2) is 36.4 Å². The molecule has 0 heterocycles. The molecule has 0 spiro atoms. The topological polar surface area (TPSA) is 43.1 Å². The van der Waals surface area contributed by atoms with Gasteiger partial charge in [-0.15, -0.1) is 47.2 Å². The summed E-state index contributed by atoms with van der Waals surface area (Å²) in [6, 6.07) is 15.9. The van der Waals surface area contributed by atoms with Gasteiger partial charge in [-0.05, 0) is 13.3 Å². The predicted molar refractivity (Wildman–Crippen MR) is 85.7 cm³/mol. The third-order valence-electron chi connectivity index (χ3n) is 2.64. The first-order valence-corrected chi connectivity index (χ1v) is 6.93. The number of rotatable bonds is 2. The number of carbonyl (C=O) groups is 1. The van der Waals surface area contributed by atoms with Crippen LogP contribution in [0.5, 0.6) is 0 Å². The van der Waals surface area contributed by atoms with E-state index in [-0.39, 0.29) is 31.9 Å². The molecule has 2 N–H and O–H groups in total. The smallest absolute Gasteiger partial charge is 0.125 e. The summed E-state index contributed by atoms with van der Waals surface area (Å²) in [7, 11) is 0. The van der Waals surface area contributed by atoms with Gasteiger partial charge in [-0.1, -0.05) is 32.4 Å². The van der Waals surface area contributed by atoms with Crippen LogP contribution < -0.4 is 5.73 Å². The van der Waals surface area contributed by atoms with Gasteiger partial charge in [0, 0.05) is 31.9 Å². The van der Waals surface area contributed by atoms with Crippen LogP contribution >= 0.6 is 0 Å². The van der Waals surface area contributed by atoms with E-state index in [1.165, 1.54) is 16.3 Å². The van der Waals surface area contributed by atoms with Crippen LogP contribution in [0, 0.1) is 11.5 Å². The first kappa shape index (κ1) is 20.0. The summed E-state index contributed by atoms with van der Waals surface area (Å²) in [5.74, 6) is 0. The van der Waals surface area contributed by atoms with Gasteiger partial charge >= 0.3 is 0 Å². The molecule has 1 radical (unpaired) electrons. The Morgan fingerprint density at radius 3 is 2.43 bits per heavy atom. The predicted octanol–water partition coefficient (Wildman–Crippen LogP) is 3.76. The zero-order valence-corrected chi connectivity index (χ0v) is 15.9. The first-order valence-electron chi connectivity index (χ1n) is 6.93. The van der Waals surface area contributed by atoms with Crippen LogP contribution in [-0.4, -0.2) is 12.3 Å². The zero-order chi connectivity index (χ0) is 15.2. The molecule has 2 nitrogen and oxygen atoms in total. The molecule has 2 rings (SSSR count). The SMILES string of the molecule is CC(C)(C)C=O.CC(N)Cc1ccc2[c-]cccc2c1.[Re]. The van der Waals surface area contributed by atoms with E-state index >= 15 is 0 Å². The average molecular weight is 457 g/mol. The average Bonchev–Trinajstić information content (AvgIpc) is 2.38. The number of nitrogens with two attached hydrogens (primary N) is 1. The Kier molecular flexibility index (Phi) is 8.66. The maximum atomic E-state index is 9.83. The van der Waals surface area contributed by atoms with Crippen molar-refractivity contribution in [1.82, 2.24) is 0 Å². The van der Waals surface area contributed by atoms with Crippen LogP contribution in [0.1, 0.15) is 33.3 Å². The van der Waals surface area contributed by atoms with Crippen molar-refractivity contribution in [3.63, 3.8) is 0 Å². The van der Waals surface area contributed by atoms with E-state index in [2.05, 4.69) is 30.3 Å². The molecule has 0 aliphatic carbocycles. The number of benzene rings is 2. The summed E-state index contributed by atoms with van der Waals surface area (Å²) in [5, 5.41) is 2.41. The summed E-state index contributed by atoms with van der Waals surface area (Å²) in [5.41, 5.74) is 6.92. The van der Waals surface area contributed by atoms with Gasteiger partial charge in [0.05, 0.1) is 0 Å². The summed E-state index contributed by atoms with van der Waals surface area (Å²) >= 11 is 0. The van der Waals surface area contributed by atoms with Gasteiger partial charge in [0.25, 0.3) is 0 Å². The quantitative estimate of drug-likeness (QED) is 0.552. The van der Waals surface area contributed by atoms with Crippen molar-refractivity contribution in [2.75, 3.05) is 0 Å². The fourth-order valence-corrected chi connectivity index (χ4v) is 1.67. The van der Waals surface area contributed by atoms with E-state index in [9.17, 15) is 4.79 Å². The Morgan fingerprint density at radius 2 is 1.90 bits per heavy atom. The molecule has 0 bridgehead atoms. The Labute approximate surface area is 141 Å². The summed E-state index contributed by atoms with van der Waals surface area (Å²) in [6.45, 7) is 7.65. The van der Waals surface area contributed by atoms with Crippen LogP contribution in [0.3, 0.4) is 0 Å². The van der Waals surface area contributed by atoms with Crippen molar-refractivity contribution >= 4 is 17.1 Å². The molecule has 0 saturated heterocycles. The molecule has 115 valence electrons. The normalized spacial score (nSPS) is 11.9. The minimum atomic E-state index is -0.139. The third-order valence-corrected chi connectivity index (χ3v) is 2.64. The molecule has 0 aliphatic heterocycles. The van der Waals surface area contributed by atoms with E-state index < -0.39 is 0 Å². The largest absolute Gasteiger partial charge is 0.328 e. The minimum absolute atomic E-state index is 0. The van der Waals surface area contributed by atoms with Gasteiger partial charge in [-0.2, -0.15) is 0 Å². The van der Waals surface area contributed by atoms with Crippen LogP contribution in [0.4, 0.5) is 0 Å². The Hall–Kier alpha value is -1.01. The minimum Gasteiger partial charge on any atom is -0.328 e. The molecule has 0 amide bonds. The monoisotopic (exact) mass is 457 g/mol. The number of fused-ring (bicyclic) bond motifs is 1. The molecule has 0 saturated carbocycles. The van der Waals surface area contributed by atoms with Crippen LogP contribution in [0.2, 0.25) is 0 Å². The molecule has 1 unspecified atom stereocenters. The third kappa shape index (κ3) is 8.12. The van der Waals surface area contributed by atoms with E-state index in [1.54, 1.807) is 0 Å². The first-order chi connectivity index (χ1) is 9.31. The van der Waals surface area contributed by atoms with Crippen LogP contribution in [-0.2, 0) is 31.6 Å². The van der Waals surface area contributed by atoms with Crippen LogP contribution in [0.25, 0.3) is 10.8 Å². The van der Waals surface area contributed by atoms with Crippen molar-refractivity contribution in [3.8, 4) is 0 Å². The van der Waals surface area contributed by atoms with E-state index in [0.29, 0.717) is 0 Å². The molecule has 2 aromatic rings. The molecule has 1 atom stereocenters. The van der Waals surface area contributed by atoms with Crippen molar-refractivity contribution in [2.45, 2.75) is 40.2 Å². The van der Waals surface area contributed by atoms with E-state index in [1.807, 2.05) is 39.8 Å². The summed E-state index contributed by atoms with van der Waals surface area (Å²) < 4.78 is 0. The second-order valence-electron chi connectivity index (χ2n) is 6.26. The molecule has 2 aromatic carbocycles. The van der Waals surface area contributed by atoms with Gasteiger partial charge in [0.2, 0.25) is 0 Å². The Bertz CT molecular complexity index is 558. The molecule has 3 heteroatoms. The molecule has 0 aromatic heterocycles. The molecule has 21 heavy (non-hydrogen) atoms. The molecular weight excluding hydrogens is 432 g/mol. The zero-order valence-electron chi connectivity index (χ0n) is 13.2. The van der Waals surface area contributed by atoms with E-state index in [0.717, 1.165) is 12.7 Å². The second-order valence-corrected chi connectivity index (χ2v) is 6.26. The van der Waals surface area contributed by atoms with Gasteiger partial charge in [0.15, 0.2) is 0 Å². The van der Waals surface area contributed by atoms with Crippen molar-refractivity contribution < 1.29 is 25.2 Å². The maximum Gasteiger partial charge on any atom is 0.125 e. The number of hydrogen-bond donors (Lipinski definition) is 1. The number of hydrogen-bond acceptors (Lipinski definition) is 2. The second kappa shape index (κ2) is 9.10. The van der Waals surface area contributed by atoms with Gasteiger partial charge in [-0.25, -0.2) is 0 Å². The van der Waals surface area contributed by atoms with Gasteiger partial charge in [-0.3, -0.25) is 0 Å². The maximum absolute atomic E-state index is 9.83. The molecular formula is C18H24NORe-. The van der Waals surface area contributed by atoms with E-state index in [4.69, 9.17) is 5.73 Å². The number of aldehydes is 1.